The molecule has 4 heteroatoms. The number of rotatable bonds is 8. The van der Waals surface area contributed by atoms with Crippen LogP contribution in [0.15, 0.2) is 152 Å². The molecule has 0 N–H and O–H groups in total. The van der Waals surface area contributed by atoms with Crippen LogP contribution in [0, 0.1) is 19.9 Å². The molecule has 0 nitrogen and oxygen atoms in total. The number of unbranched alkanes of at least 4 members (excludes halogenated alkanes) is 2. The van der Waals surface area contributed by atoms with Crippen LogP contribution in [-0.2, 0) is 33.7 Å². The fourth-order valence-electron chi connectivity index (χ4n) is 7.59. The second kappa shape index (κ2) is 21.1. The zero-order chi connectivity index (χ0) is 39.3. The van der Waals surface area contributed by atoms with E-state index in [1.54, 1.807) is 0 Å². The molecule has 9 rings (SSSR count). The maximum Gasteiger partial charge on any atom is 0.0920 e. The molecule has 56 heavy (non-hydrogen) atoms. The molecule has 0 amide bonds. The fourth-order valence-corrected chi connectivity index (χ4v) is 8.90. The molecule has 0 spiro atoms. The van der Waals surface area contributed by atoms with E-state index in [9.17, 15) is 0 Å². The molecule has 2 radical (unpaired) electrons. The van der Waals surface area contributed by atoms with E-state index in [0.717, 1.165) is 9.52 Å². The van der Waals surface area contributed by atoms with Crippen LogP contribution < -0.4 is 10.4 Å². The monoisotopic (exact) mass is 861 g/mol. The molecule has 282 valence electrons. The van der Waals surface area contributed by atoms with Crippen molar-refractivity contribution in [3.8, 4) is 33.4 Å². The normalized spacial score (nSPS) is 11.0. The van der Waals surface area contributed by atoms with Gasteiger partial charge in [-0.05, 0) is 48.9 Å². The molecule has 0 fully saturated rings. The average molecular weight is 864 g/mol. The van der Waals surface area contributed by atoms with Crippen LogP contribution in [0.1, 0.15) is 61.8 Å². The molecule has 0 saturated heterocycles. The summed E-state index contributed by atoms with van der Waals surface area (Å²) in [7, 11) is 10.7. The Bertz CT molecular complexity index is 2300. The molecule has 0 aromatic heterocycles. The van der Waals surface area contributed by atoms with Gasteiger partial charge in [-0.3, -0.25) is 0 Å². The van der Waals surface area contributed by atoms with Crippen LogP contribution >= 0.6 is 17.0 Å². The van der Waals surface area contributed by atoms with Gasteiger partial charge in [-0.1, -0.05) is 146 Å². The summed E-state index contributed by atoms with van der Waals surface area (Å²) in [5.74, 6) is 0. The molecule has 0 aliphatic carbocycles. The Morgan fingerprint density at radius 2 is 0.982 bits per heavy atom. The summed E-state index contributed by atoms with van der Waals surface area (Å²) in [6.07, 6.45) is 7.45. The zero-order valence-electron chi connectivity index (χ0n) is 32.9. The third-order valence-electron chi connectivity index (χ3n) is 10.5. The molecule has 1 heterocycles. The van der Waals surface area contributed by atoms with Gasteiger partial charge in [0.15, 0.2) is 0 Å². The van der Waals surface area contributed by atoms with E-state index in [4.69, 9.17) is 17.0 Å². The minimum atomic E-state index is -0.826. The molecule has 0 saturated carbocycles. The van der Waals surface area contributed by atoms with Gasteiger partial charge < -0.3 is 0 Å². The summed E-state index contributed by atoms with van der Waals surface area (Å²) in [5.41, 5.74) is 13.8. The number of fused-ring (bicyclic) bond motifs is 5. The molecule has 1 aliphatic rings. The van der Waals surface area contributed by atoms with E-state index in [-0.39, 0.29) is 0 Å². The fraction of sp³-hybridized carbons (Fsp3) is 0.192. The van der Waals surface area contributed by atoms with E-state index in [1.807, 2.05) is 6.07 Å². The molecule has 1 aliphatic heterocycles. The van der Waals surface area contributed by atoms with Gasteiger partial charge in [0.2, 0.25) is 0 Å². The molecular weight excluding hydrogens is 815 g/mol. The summed E-state index contributed by atoms with van der Waals surface area (Å²) < 4.78 is 0. The Labute approximate surface area is 356 Å². The Kier molecular flexibility index (Phi) is 15.8. The minimum absolute atomic E-state index is 0.795. The Morgan fingerprint density at radius 3 is 1.48 bits per heavy atom. The van der Waals surface area contributed by atoms with Crippen molar-refractivity contribution >= 4 is 58.5 Å². The van der Waals surface area contributed by atoms with Crippen LogP contribution in [0.25, 0.3) is 54.9 Å². The summed E-state index contributed by atoms with van der Waals surface area (Å²) in [4.78, 5) is 0. The smallest absolute Gasteiger partial charge is 0.0920 e. The first-order chi connectivity index (χ1) is 27.4. The van der Waals surface area contributed by atoms with Crippen molar-refractivity contribution in [1.29, 1.82) is 0 Å². The van der Waals surface area contributed by atoms with Crippen LogP contribution in [0.4, 0.5) is 0 Å². The topological polar surface area (TPSA) is 0 Å². The molecule has 8 aromatic rings. The third kappa shape index (κ3) is 10.4. The Balaban J connectivity index is 0.000000140. The van der Waals surface area contributed by atoms with Crippen molar-refractivity contribution in [3.05, 3.63) is 180 Å². The van der Waals surface area contributed by atoms with Gasteiger partial charge in [0.25, 0.3) is 0 Å². The van der Waals surface area contributed by atoms with Crippen LogP contribution in [-0.4, -0.2) is 9.52 Å². The van der Waals surface area contributed by atoms with Gasteiger partial charge in [-0.25, -0.2) is 0 Å². The number of halogens is 2. The first-order valence-electron chi connectivity index (χ1n) is 19.8. The summed E-state index contributed by atoms with van der Waals surface area (Å²) in [6.45, 7) is 8.88. The van der Waals surface area contributed by atoms with E-state index in [2.05, 4.69) is 179 Å². The maximum atomic E-state index is 4.93. The van der Waals surface area contributed by atoms with Gasteiger partial charge in [0.1, 0.15) is 0 Å². The molecular formula is C52H49Cl2SiZr-3. The van der Waals surface area contributed by atoms with Crippen molar-refractivity contribution in [2.75, 3.05) is 0 Å². The molecule has 0 atom stereocenters. The van der Waals surface area contributed by atoms with E-state index in [1.165, 1.54) is 126 Å². The van der Waals surface area contributed by atoms with Crippen molar-refractivity contribution in [1.82, 2.24) is 0 Å². The largest absolute Gasteiger partial charge is 0.184 e. The minimum Gasteiger partial charge on any atom is -0.184 e. The standard InChI is InChI=1S/2C20H21.C12H7Si.2ClH.Zr/c2*1-3-4-9-16-13-17-10-7-12-19(20(17)14-16)18-11-6-5-8-15(18)2;1-3-7-11-9(5-1)10-6-2-4-8-12(10)13-11;;;/h2*5-8,10-14H,3-4,9H2,1-2H3;1-7H;2*1H;/q3*-1;;;+2/p-2. The van der Waals surface area contributed by atoms with Crippen molar-refractivity contribution in [2.24, 2.45) is 0 Å². The van der Waals surface area contributed by atoms with Crippen molar-refractivity contribution in [2.45, 2.75) is 66.2 Å². The van der Waals surface area contributed by atoms with Crippen molar-refractivity contribution < 1.29 is 20.8 Å². The predicted molar refractivity (Wildman–Crippen MR) is 244 cm³/mol. The zero-order valence-corrected chi connectivity index (χ0v) is 37.9. The average Bonchev–Trinajstić information content (AvgIpc) is 3.95. The number of aryl methyl sites for hydroxylation is 4. The van der Waals surface area contributed by atoms with Gasteiger partial charge >= 0.3 is 37.9 Å². The van der Waals surface area contributed by atoms with Crippen LogP contribution in [0.3, 0.4) is 0 Å². The van der Waals surface area contributed by atoms with Crippen LogP contribution in [0.5, 0.6) is 0 Å². The summed E-state index contributed by atoms with van der Waals surface area (Å²) in [5, 5.41) is 8.36. The van der Waals surface area contributed by atoms with Gasteiger partial charge in [-0.2, -0.15) is 41.6 Å². The Hall–Kier alpha value is -3.78. The summed E-state index contributed by atoms with van der Waals surface area (Å²) in [6, 6.07) is 58.2. The second-order valence-electron chi connectivity index (χ2n) is 14.4. The maximum absolute atomic E-state index is 4.93. The van der Waals surface area contributed by atoms with E-state index < -0.39 is 20.8 Å². The molecule has 8 aromatic carbocycles. The SMILES string of the molecule is CCCCc1cc2c(-c3ccccc3C)cccc2[cH-]1.CCCCc1cc2c(-c3ccccc3C)cccc2[cH-]1.[Cl][Zr][Cl].[c-]1cccc2c1[Si]c1ccccc1-2. The molecule has 0 bridgehead atoms. The number of hydrogen-bond acceptors (Lipinski definition) is 0. The van der Waals surface area contributed by atoms with Gasteiger partial charge in [0, 0.05) is 0 Å². The Morgan fingerprint density at radius 1 is 0.536 bits per heavy atom. The number of benzene rings is 6. The predicted octanol–water partition coefficient (Wildman–Crippen LogP) is 14.3. The molecule has 0 unspecified atom stereocenters. The third-order valence-corrected chi connectivity index (χ3v) is 11.8. The first-order valence-corrected chi connectivity index (χ1v) is 27.1. The first kappa shape index (κ1) is 41.8. The van der Waals surface area contributed by atoms with E-state index in [0.29, 0.717) is 0 Å². The van der Waals surface area contributed by atoms with Gasteiger partial charge in [0.05, 0.1) is 9.52 Å². The van der Waals surface area contributed by atoms with E-state index >= 15 is 0 Å². The second-order valence-corrected chi connectivity index (χ2v) is 19.4. The van der Waals surface area contributed by atoms with Crippen molar-refractivity contribution in [3.63, 3.8) is 0 Å². The van der Waals surface area contributed by atoms with Crippen LogP contribution in [0.2, 0.25) is 0 Å². The summed E-state index contributed by atoms with van der Waals surface area (Å²) >= 11 is -0.826. The quantitative estimate of drug-likeness (QED) is 0.105. The van der Waals surface area contributed by atoms with Gasteiger partial charge in [-0.15, -0.1) is 74.6 Å². The number of hydrogen-bond donors (Lipinski definition) is 0.